The van der Waals surface area contributed by atoms with Crippen molar-refractivity contribution in [3.8, 4) is 11.5 Å². The molecule has 0 radical (unpaired) electrons. The Bertz CT molecular complexity index is 1100. The summed E-state index contributed by atoms with van der Waals surface area (Å²) in [5.41, 5.74) is 1.68. The number of nitrogens with zero attached hydrogens (tertiary/aromatic N) is 7. The highest BCUT2D eigenvalue weighted by atomic mass is 35.5. The summed E-state index contributed by atoms with van der Waals surface area (Å²) in [6.07, 6.45) is 5.96. The highest BCUT2D eigenvalue weighted by molar-refractivity contribution is 6.29. The standard InChI is InChI=1S/C15H15ClN8O/c1-2-3-4-7-23-12-10(19-14(16)21-12)13-20-11(22-24(13)15(23)25)9-5-6-17-8-18-9/h5-6,8H,2-4,7H2,1H3,(H,19,21). The van der Waals surface area contributed by atoms with Gasteiger partial charge in [-0.15, -0.1) is 5.10 Å². The van der Waals surface area contributed by atoms with Gasteiger partial charge in [-0.3, -0.25) is 4.57 Å². The lowest BCUT2D eigenvalue weighted by Gasteiger charge is -2.06. The van der Waals surface area contributed by atoms with Gasteiger partial charge >= 0.3 is 5.69 Å². The summed E-state index contributed by atoms with van der Waals surface area (Å²) in [7, 11) is 0. The second-order valence-electron chi connectivity index (χ2n) is 5.63. The molecule has 10 heteroatoms. The summed E-state index contributed by atoms with van der Waals surface area (Å²) in [4.78, 5) is 32.5. The molecule has 0 spiro atoms. The van der Waals surface area contributed by atoms with E-state index >= 15 is 0 Å². The molecule has 4 aromatic heterocycles. The lowest BCUT2D eigenvalue weighted by Crippen LogP contribution is -2.28. The molecule has 0 atom stereocenters. The molecule has 0 unspecified atom stereocenters. The van der Waals surface area contributed by atoms with E-state index in [0.717, 1.165) is 19.3 Å². The number of fused-ring (bicyclic) bond motifs is 3. The normalized spacial score (nSPS) is 11.6. The van der Waals surface area contributed by atoms with Gasteiger partial charge in [-0.2, -0.15) is 9.50 Å². The lowest BCUT2D eigenvalue weighted by atomic mass is 10.2. The van der Waals surface area contributed by atoms with E-state index in [1.54, 1.807) is 16.8 Å². The largest absolute Gasteiger partial charge is 0.352 e. The second kappa shape index (κ2) is 6.25. The third kappa shape index (κ3) is 2.66. The maximum absolute atomic E-state index is 12.9. The molecule has 4 heterocycles. The van der Waals surface area contributed by atoms with Crippen LogP contribution < -0.4 is 5.69 Å². The zero-order chi connectivity index (χ0) is 17.4. The Morgan fingerprint density at radius 3 is 2.88 bits per heavy atom. The van der Waals surface area contributed by atoms with Crippen molar-refractivity contribution in [2.75, 3.05) is 0 Å². The number of H-pyrrole nitrogens is 1. The van der Waals surface area contributed by atoms with Gasteiger partial charge in [0.1, 0.15) is 17.5 Å². The number of aromatic amines is 1. The number of aryl methyl sites for hydroxylation is 1. The molecular weight excluding hydrogens is 344 g/mol. The van der Waals surface area contributed by atoms with Gasteiger partial charge in [0.15, 0.2) is 11.3 Å². The summed E-state index contributed by atoms with van der Waals surface area (Å²) < 4.78 is 2.85. The number of hydrogen-bond donors (Lipinski definition) is 1. The van der Waals surface area contributed by atoms with Crippen LogP contribution in [0.15, 0.2) is 23.4 Å². The average molecular weight is 359 g/mol. The van der Waals surface area contributed by atoms with Crippen molar-refractivity contribution in [1.82, 2.24) is 39.1 Å². The molecule has 0 aliphatic heterocycles. The predicted octanol–water partition coefficient (Wildman–Crippen LogP) is 2.07. The van der Waals surface area contributed by atoms with E-state index in [1.807, 2.05) is 0 Å². The van der Waals surface area contributed by atoms with Crippen molar-refractivity contribution >= 4 is 28.4 Å². The summed E-state index contributed by atoms with van der Waals surface area (Å²) >= 11 is 6.03. The number of unbranched alkanes of at least 4 members (excludes halogenated alkanes) is 2. The first-order valence-electron chi connectivity index (χ1n) is 8.00. The Hall–Kier alpha value is -2.81. The Morgan fingerprint density at radius 2 is 2.12 bits per heavy atom. The lowest BCUT2D eigenvalue weighted by molar-refractivity contribution is 0.579. The van der Waals surface area contributed by atoms with Crippen LogP contribution in [-0.4, -0.2) is 39.1 Å². The fourth-order valence-corrected chi connectivity index (χ4v) is 2.93. The summed E-state index contributed by atoms with van der Waals surface area (Å²) in [6, 6.07) is 1.69. The molecule has 0 aliphatic carbocycles. The van der Waals surface area contributed by atoms with E-state index < -0.39 is 0 Å². The van der Waals surface area contributed by atoms with Crippen molar-refractivity contribution in [3.63, 3.8) is 0 Å². The minimum Gasteiger partial charge on any atom is -0.324 e. The van der Waals surface area contributed by atoms with E-state index in [1.165, 1.54) is 10.8 Å². The van der Waals surface area contributed by atoms with E-state index in [4.69, 9.17) is 11.6 Å². The predicted molar refractivity (Wildman–Crippen MR) is 92.5 cm³/mol. The quantitative estimate of drug-likeness (QED) is 0.432. The highest BCUT2D eigenvalue weighted by Gasteiger charge is 2.19. The number of nitrogens with one attached hydrogen (secondary N) is 1. The van der Waals surface area contributed by atoms with Gasteiger partial charge in [-0.05, 0) is 24.1 Å². The minimum absolute atomic E-state index is 0.207. The van der Waals surface area contributed by atoms with Crippen LogP contribution in [0.25, 0.3) is 28.3 Å². The van der Waals surface area contributed by atoms with Crippen LogP contribution in [-0.2, 0) is 6.54 Å². The molecule has 0 aliphatic rings. The molecule has 0 saturated heterocycles. The van der Waals surface area contributed by atoms with Crippen LogP contribution in [0.5, 0.6) is 0 Å². The molecule has 0 aromatic carbocycles. The number of aromatic nitrogens is 8. The highest BCUT2D eigenvalue weighted by Crippen LogP contribution is 2.20. The van der Waals surface area contributed by atoms with Gasteiger partial charge in [0, 0.05) is 12.7 Å². The molecule has 4 rings (SSSR count). The Labute approximate surface area is 146 Å². The first-order chi connectivity index (χ1) is 12.2. The number of hydrogen-bond acceptors (Lipinski definition) is 6. The van der Waals surface area contributed by atoms with Crippen molar-refractivity contribution in [2.45, 2.75) is 32.7 Å². The fourth-order valence-electron chi connectivity index (χ4n) is 2.75. The maximum Gasteiger partial charge on any atom is 0.352 e. The number of halogens is 1. The fraction of sp³-hybridized carbons (Fsp3) is 0.333. The zero-order valence-corrected chi connectivity index (χ0v) is 14.2. The van der Waals surface area contributed by atoms with E-state index in [-0.39, 0.29) is 11.0 Å². The molecule has 0 saturated carbocycles. The summed E-state index contributed by atoms with van der Waals surface area (Å²) in [5, 5.41) is 4.53. The van der Waals surface area contributed by atoms with Crippen molar-refractivity contribution < 1.29 is 0 Å². The first-order valence-corrected chi connectivity index (χ1v) is 8.38. The first kappa shape index (κ1) is 15.7. The Morgan fingerprint density at radius 1 is 1.24 bits per heavy atom. The third-order valence-corrected chi connectivity index (χ3v) is 4.13. The Balaban J connectivity index is 1.96. The SMILES string of the molecule is CCCCCn1c(=O)n2nc(-c3ccncn3)nc2c2[nH]c(Cl)nc21. The molecule has 0 fully saturated rings. The summed E-state index contributed by atoms with van der Waals surface area (Å²) in [5.74, 6) is 0.345. The van der Waals surface area contributed by atoms with Gasteiger partial charge in [-0.1, -0.05) is 19.8 Å². The van der Waals surface area contributed by atoms with Crippen LogP contribution >= 0.6 is 11.6 Å². The van der Waals surface area contributed by atoms with E-state index in [2.05, 4.69) is 36.9 Å². The average Bonchev–Trinajstić information content (AvgIpc) is 3.22. The number of rotatable bonds is 5. The van der Waals surface area contributed by atoms with Gasteiger partial charge in [-0.25, -0.2) is 19.7 Å². The van der Waals surface area contributed by atoms with Gasteiger partial charge in [0.2, 0.25) is 11.1 Å². The molecule has 4 aromatic rings. The van der Waals surface area contributed by atoms with E-state index in [9.17, 15) is 4.79 Å². The summed E-state index contributed by atoms with van der Waals surface area (Å²) in [6.45, 7) is 2.65. The van der Waals surface area contributed by atoms with Gasteiger partial charge in [0.05, 0.1) is 0 Å². The smallest absolute Gasteiger partial charge is 0.324 e. The van der Waals surface area contributed by atoms with Crippen molar-refractivity contribution in [2.24, 2.45) is 0 Å². The van der Waals surface area contributed by atoms with E-state index in [0.29, 0.717) is 34.9 Å². The molecule has 1 N–H and O–H groups in total. The zero-order valence-electron chi connectivity index (χ0n) is 13.5. The number of imidazole rings is 1. The molecule has 9 nitrogen and oxygen atoms in total. The Kier molecular flexibility index (Phi) is 3.92. The molecule has 25 heavy (non-hydrogen) atoms. The van der Waals surface area contributed by atoms with Crippen LogP contribution in [0, 0.1) is 0 Å². The maximum atomic E-state index is 12.9. The van der Waals surface area contributed by atoms with Crippen LogP contribution in [0.2, 0.25) is 5.28 Å². The van der Waals surface area contributed by atoms with Crippen LogP contribution in [0.4, 0.5) is 0 Å². The van der Waals surface area contributed by atoms with Gasteiger partial charge in [0.25, 0.3) is 0 Å². The topological polar surface area (TPSA) is 107 Å². The van der Waals surface area contributed by atoms with Crippen molar-refractivity contribution in [3.05, 3.63) is 34.4 Å². The molecule has 128 valence electrons. The third-order valence-electron chi connectivity index (χ3n) is 3.95. The van der Waals surface area contributed by atoms with Crippen molar-refractivity contribution in [1.29, 1.82) is 0 Å². The monoisotopic (exact) mass is 358 g/mol. The van der Waals surface area contributed by atoms with Crippen LogP contribution in [0.1, 0.15) is 26.2 Å². The molecular formula is C15H15ClN8O. The van der Waals surface area contributed by atoms with Crippen LogP contribution in [0.3, 0.4) is 0 Å². The molecule has 0 bridgehead atoms. The second-order valence-corrected chi connectivity index (χ2v) is 5.99. The minimum atomic E-state index is -0.297. The molecule has 0 amide bonds. The van der Waals surface area contributed by atoms with Gasteiger partial charge < -0.3 is 4.98 Å².